The lowest BCUT2D eigenvalue weighted by atomic mass is 9.94. The maximum absolute atomic E-state index is 5.97. The molecule has 1 atom stereocenters. The van der Waals surface area contributed by atoms with E-state index in [9.17, 15) is 0 Å². The molecule has 0 bridgehead atoms. The van der Waals surface area contributed by atoms with Crippen LogP contribution in [0.15, 0.2) is 63.2 Å². The molecule has 0 spiro atoms. The highest BCUT2D eigenvalue weighted by Crippen LogP contribution is 2.36. The van der Waals surface area contributed by atoms with Gasteiger partial charge < -0.3 is 5.73 Å². The maximum Gasteiger partial charge on any atom is 0.182 e. The van der Waals surface area contributed by atoms with E-state index in [1.807, 2.05) is 49.5 Å². The van der Waals surface area contributed by atoms with Gasteiger partial charge in [0.05, 0.1) is 5.71 Å². The normalized spacial score (nSPS) is 21.0. The number of rotatable bonds is 3. The molecule has 0 saturated carbocycles. The van der Waals surface area contributed by atoms with E-state index in [2.05, 4.69) is 25.9 Å². The molecule has 2 aromatic rings. The first kappa shape index (κ1) is 13.9. The van der Waals surface area contributed by atoms with Gasteiger partial charge in [0.25, 0.3) is 0 Å². The van der Waals surface area contributed by atoms with E-state index in [1.165, 1.54) is 0 Å². The zero-order valence-corrected chi connectivity index (χ0v) is 13.2. The standard InChI is InChI=1S/C16H15BrN4/c1-11-15(18)21-16(20-11,9-12-4-3-7-19-10-12)13-5-2-6-14(17)8-13/h2-8,10H,9H2,1H3,(H2,18,21)/t16-/m1/s1. The summed E-state index contributed by atoms with van der Waals surface area (Å²) in [4.78, 5) is 13.6. The quantitative estimate of drug-likeness (QED) is 0.931. The number of aliphatic imine (C=N–C) groups is 2. The third-order valence-corrected chi connectivity index (χ3v) is 3.98. The van der Waals surface area contributed by atoms with Crippen molar-refractivity contribution in [2.75, 3.05) is 0 Å². The SMILES string of the molecule is CC1=N[C@@](Cc2cccnc2)(c2cccc(Br)c2)N=C1N. The summed E-state index contributed by atoms with van der Waals surface area (Å²) in [5.74, 6) is 0.499. The first-order chi connectivity index (χ1) is 10.1. The van der Waals surface area contributed by atoms with Crippen molar-refractivity contribution in [3.05, 3.63) is 64.4 Å². The largest absolute Gasteiger partial charge is 0.382 e. The summed E-state index contributed by atoms with van der Waals surface area (Å²) in [5, 5.41) is 0. The Balaban J connectivity index is 2.09. The molecule has 1 aromatic heterocycles. The predicted molar refractivity (Wildman–Crippen MR) is 88.5 cm³/mol. The fourth-order valence-corrected chi connectivity index (χ4v) is 2.87. The van der Waals surface area contributed by atoms with E-state index in [1.54, 1.807) is 6.20 Å². The average Bonchev–Trinajstić information content (AvgIpc) is 2.76. The van der Waals surface area contributed by atoms with Gasteiger partial charge in [-0.2, -0.15) is 0 Å². The van der Waals surface area contributed by atoms with Gasteiger partial charge in [0, 0.05) is 28.9 Å². The Morgan fingerprint density at radius 3 is 2.67 bits per heavy atom. The molecule has 1 aliphatic heterocycles. The van der Waals surface area contributed by atoms with Gasteiger partial charge >= 0.3 is 0 Å². The van der Waals surface area contributed by atoms with Crippen LogP contribution >= 0.6 is 15.9 Å². The summed E-state index contributed by atoms with van der Waals surface area (Å²) < 4.78 is 0.999. The van der Waals surface area contributed by atoms with Crippen LogP contribution in [0.1, 0.15) is 18.1 Å². The lowest BCUT2D eigenvalue weighted by Crippen LogP contribution is -2.23. The summed E-state index contributed by atoms with van der Waals surface area (Å²) in [6, 6.07) is 12.0. The van der Waals surface area contributed by atoms with Crippen LogP contribution in [0, 0.1) is 0 Å². The Morgan fingerprint density at radius 1 is 1.19 bits per heavy atom. The van der Waals surface area contributed by atoms with Crippen LogP contribution in [0.2, 0.25) is 0 Å². The number of nitrogens with zero attached hydrogens (tertiary/aromatic N) is 3. The molecule has 0 fully saturated rings. The van der Waals surface area contributed by atoms with Gasteiger partial charge in [0.2, 0.25) is 0 Å². The van der Waals surface area contributed by atoms with E-state index < -0.39 is 5.66 Å². The van der Waals surface area contributed by atoms with Crippen molar-refractivity contribution in [3.8, 4) is 0 Å². The molecule has 0 saturated heterocycles. The summed E-state index contributed by atoms with van der Waals surface area (Å²) in [6.45, 7) is 1.89. The molecule has 1 aromatic carbocycles. The number of aromatic nitrogens is 1. The Bertz CT molecular complexity index is 704. The number of benzene rings is 1. The van der Waals surface area contributed by atoms with E-state index in [0.29, 0.717) is 12.3 Å². The minimum atomic E-state index is -0.693. The zero-order valence-electron chi connectivity index (χ0n) is 11.6. The summed E-state index contributed by atoms with van der Waals surface area (Å²) in [6.07, 6.45) is 4.24. The molecule has 2 N–H and O–H groups in total. The lowest BCUT2D eigenvalue weighted by molar-refractivity contribution is 0.478. The topological polar surface area (TPSA) is 63.6 Å². The summed E-state index contributed by atoms with van der Waals surface area (Å²) in [7, 11) is 0. The van der Waals surface area contributed by atoms with Crippen molar-refractivity contribution in [3.63, 3.8) is 0 Å². The van der Waals surface area contributed by atoms with Crippen molar-refractivity contribution >= 4 is 27.5 Å². The van der Waals surface area contributed by atoms with Gasteiger partial charge in [-0.25, -0.2) is 4.99 Å². The zero-order chi connectivity index (χ0) is 14.9. The molecular formula is C16H15BrN4. The molecule has 0 aliphatic carbocycles. The number of amidine groups is 1. The molecule has 0 amide bonds. The molecule has 3 rings (SSSR count). The highest BCUT2D eigenvalue weighted by molar-refractivity contribution is 9.10. The van der Waals surface area contributed by atoms with Gasteiger partial charge in [0.1, 0.15) is 5.84 Å². The van der Waals surface area contributed by atoms with Crippen LogP contribution < -0.4 is 5.73 Å². The maximum atomic E-state index is 5.97. The molecule has 106 valence electrons. The van der Waals surface area contributed by atoms with Gasteiger partial charge in [0.15, 0.2) is 5.66 Å². The predicted octanol–water partition coefficient (Wildman–Crippen LogP) is 3.07. The van der Waals surface area contributed by atoms with E-state index in [-0.39, 0.29) is 0 Å². The van der Waals surface area contributed by atoms with Crippen molar-refractivity contribution < 1.29 is 0 Å². The van der Waals surface area contributed by atoms with Crippen LogP contribution in [0.4, 0.5) is 0 Å². The third-order valence-electron chi connectivity index (χ3n) is 3.49. The second kappa shape index (κ2) is 5.41. The summed E-state index contributed by atoms with van der Waals surface area (Å²) in [5.41, 5.74) is 8.15. The van der Waals surface area contributed by atoms with Crippen LogP contribution in [0.3, 0.4) is 0 Å². The van der Waals surface area contributed by atoms with E-state index in [4.69, 9.17) is 10.7 Å². The van der Waals surface area contributed by atoms with Crippen LogP contribution in [0.5, 0.6) is 0 Å². The highest BCUT2D eigenvalue weighted by Gasteiger charge is 2.36. The van der Waals surface area contributed by atoms with Crippen LogP contribution in [0.25, 0.3) is 0 Å². The van der Waals surface area contributed by atoms with Crippen LogP contribution in [-0.2, 0) is 12.1 Å². The second-order valence-electron chi connectivity index (χ2n) is 5.06. The minimum absolute atomic E-state index is 0.499. The highest BCUT2D eigenvalue weighted by atomic mass is 79.9. The Morgan fingerprint density at radius 2 is 2.05 bits per heavy atom. The number of pyridine rings is 1. The van der Waals surface area contributed by atoms with Gasteiger partial charge in [-0.3, -0.25) is 9.98 Å². The molecule has 2 heterocycles. The third kappa shape index (κ3) is 2.74. The number of halogens is 1. The van der Waals surface area contributed by atoms with Crippen LogP contribution in [-0.4, -0.2) is 16.5 Å². The molecule has 5 heteroatoms. The Hall–Kier alpha value is -2.01. The van der Waals surface area contributed by atoms with Gasteiger partial charge in [-0.05, 0) is 30.7 Å². The number of hydrogen-bond acceptors (Lipinski definition) is 4. The molecule has 0 radical (unpaired) electrons. The minimum Gasteiger partial charge on any atom is -0.382 e. The van der Waals surface area contributed by atoms with Gasteiger partial charge in [-0.1, -0.05) is 34.1 Å². The first-order valence-electron chi connectivity index (χ1n) is 6.66. The first-order valence-corrected chi connectivity index (χ1v) is 7.45. The molecule has 4 nitrogen and oxygen atoms in total. The monoisotopic (exact) mass is 342 g/mol. The Kier molecular flexibility index (Phi) is 3.59. The second-order valence-corrected chi connectivity index (χ2v) is 5.97. The molecule has 1 aliphatic rings. The number of hydrogen-bond donors (Lipinski definition) is 1. The average molecular weight is 343 g/mol. The molecule has 21 heavy (non-hydrogen) atoms. The fourth-order valence-electron chi connectivity index (χ4n) is 2.47. The number of nitrogens with two attached hydrogens (primary N) is 1. The van der Waals surface area contributed by atoms with Crippen molar-refractivity contribution in [2.45, 2.75) is 19.0 Å². The van der Waals surface area contributed by atoms with Gasteiger partial charge in [-0.15, -0.1) is 0 Å². The van der Waals surface area contributed by atoms with Crippen molar-refractivity contribution in [1.29, 1.82) is 0 Å². The van der Waals surface area contributed by atoms with E-state index in [0.717, 1.165) is 21.3 Å². The van der Waals surface area contributed by atoms with Crippen molar-refractivity contribution in [1.82, 2.24) is 4.98 Å². The smallest absolute Gasteiger partial charge is 0.182 e. The fraction of sp³-hybridized carbons (Fsp3) is 0.188. The molecule has 0 unspecified atom stereocenters. The lowest BCUT2D eigenvalue weighted by Gasteiger charge is -2.24. The van der Waals surface area contributed by atoms with Crippen molar-refractivity contribution in [2.24, 2.45) is 15.7 Å². The molecular weight excluding hydrogens is 328 g/mol. The van der Waals surface area contributed by atoms with E-state index >= 15 is 0 Å². The summed E-state index contributed by atoms with van der Waals surface area (Å²) >= 11 is 3.51. The Labute approximate surface area is 132 Å².